The van der Waals surface area contributed by atoms with Crippen LogP contribution in [0.25, 0.3) is 11.3 Å². The van der Waals surface area contributed by atoms with Crippen LogP contribution in [0.4, 0.5) is 11.6 Å². The molecule has 1 aliphatic carbocycles. The molecule has 3 aromatic rings. The van der Waals surface area contributed by atoms with Crippen LogP contribution in [-0.2, 0) is 10.0 Å². The van der Waals surface area contributed by atoms with E-state index >= 15 is 0 Å². The number of nitrogens with two attached hydrogens (primary N) is 1. The highest BCUT2D eigenvalue weighted by Gasteiger charge is 2.33. The maximum atomic E-state index is 12.2. The minimum Gasteiger partial charge on any atom is -0.440 e. The molecule has 9 heteroatoms. The quantitative estimate of drug-likeness (QED) is 0.490. The summed E-state index contributed by atoms with van der Waals surface area (Å²) in [5.41, 5.74) is 8.19. The minimum absolute atomic E-state index is 0.144. The normalized spacial score (nSPS) is 19.5. The summed E-state index contributed by atoms with van der Waals surface area (Å²) in [5.74, 6) is 3.28. The fraction of sp³-hybridized carbons (Fsp3) is 0.440. The second-order valence-electron chi connectivity index (χ2n) is 9.44. The Labute approximate surface area is 201 Å². The minimum atomic E-state index is -3.48. The number of anilines is 2. The van der Waals surface area contributed by atoms with E-state index in [2.05, 4.69) is 21.8 Å². The Bertz CT molecular complexity index is 1240. The zero-order chi connectivity index (χ0) is 24.6. The molecule has 0 amide bonds. The molecule has 0 bridgehead atoms. The number of hydrogen-bond donors (Lipinski definition) is 1. The number of nitrogens with zero attached hydrogens (tertiary/aromatic N) is 4. The molecule has 8 nitrogen and oxygen atoms in total. The second-order valence-corrected chi connectivity index (χ2v) is 11.5. The van der Waals surface area contributed by atoms with Crippen molar-refractivity contribution in [2.24, 2.45) is 17.6 Å². The highest BCUT2D eigenvalue weighted by atomic mass is 32.2. The molecular weight excluding hydrogens is 450 g/mol. The van der Waals surface area contributed by atoms with E-state index in [-0.39, 0.29) is 12.0 Å². The summed E-state index contributed by atoms with van der Waals surface area (Å²) in [5, 5.41) is 0. The first-order valence-electron chi connectivity index (χ1n) is 11.5. The van der Waals surface area contributed by atoms with Gasteiger partial charge in [0.15, 0.2) is 11.7 Å². The molecule has 2 heterocycles. The largest absolute Gasteiger partial charge is 0.440 e. The molecule has 182 valence electrons. The first kappa shape index (κ1) is 24.2. The summed E-state index contributed by atoms with van der Waals surface area (Å²) in [7, 11) is 0.00393. The molecule has 0 aliphatic heterocycles. The van der Waals surface area contributed by atoms with E-state index in [0.29, 0.717) is 40.7 Å². The number of oxazole rings is 1. The lowest BCUT2D eigenvalue weighted by molar-refractivity contribution is 0.431. The molecule has 4 rings (SSSR count). The van der Waals surface area contributed by atoms with E-state index in [1.807, 2.05) is 50.4 Å². The molecule has 1 saturated carbocycles. The van der Waals surface area contributed by atoms with Gasteiger partial charge < -0.3 is 15.1 Å². The first-order chi connectivity index (χ1) is 16.0. The van der Waals surface area contributed by atoms with Gasteiger partial charge in [-0.15, -0.1) is 0 Å². The van der Waals surface area contributed by atoms with Crippen molar-refractivity contribution in [1.29, 1.82) is 0 Å². The van der Waals surface area contributed by atoms with Crippen molar-refractivity contribution >= 4 is 21.7 Å². The Morgan fingerprint density at radius 3 is 2.44 bits per heavy atom. The predicted octanol–water partition coefficient (Wildman–Crippen LogP) is 4.03. The molecule has 4 atom stereocenters. The van der Waals surface area contributed by atoms with Gasteiger partial charge in [-0.2, -0.15) is 0 Å². The first-order valence-corrected chi connectivity index (χ1v) is 13.3. The van der Waals surface area contributed by atoms with Crippen molar-refractivity contribution in [3.05, 3.63) is 60.1 Å². The molecule has 2 N–H and O–H groups in total. The van der Waals surface area contributed by atoms with Crippen LogP contribution in [0.1, 0.15) is 43.7 Å². The van der Waals surface area contributed by atoms with Crippen molar-refractivity contribution in [2.75, 3.05) is 36.1 Å². The summed E-state index contributed by atoms with van der Waals surface area (Å²) < 4.78 is 31.7. The van der Waals surface area contributed by atoms with E-state index in [1.54, 1.807) is 12.3 Å². The van der Waals surface area contributed by atoms with E-state index in [0.717, 1.165) is 18.4 Å². The highest BCUT2D eigenvalue weighted by Crippen LogP contribution is 2.39. The number of hydrogen-bond acceptors (Lipinski definition) is 7. The number of pyridine rings is 1. The molecule has 1 aliphatic rings. The molecule has 0 spiro atoms. The van der Waals surface area contributed by atoms with E-state index in [9.17, 15) is 8.42 Å². The summed E-state index contributed by atoms with van der Waals surface area (Å²) in [6.07, 6.45) is 4.02. The van der Waals surface area contributed by atoms with Gasteiger partial charge >= 0.3 is 0 Å². The maximum absolute atomic E-state index is 12.2. The molecule has 3 unspecified atom stereocenters. The summed E-state index contributed by atoms with van der Waals surface area (Å²) >= 11 is 0. The topological polar surface area (TPSA) is 106 Å². The highest BCUT2D eigenvalue weighted by molar-refractivity contribution is 7.92. The van der Waals surface area contributed by atoms with Gasteiger partial charge in [-0.05, 0) is 36.0 Å². The van der Waals surface area contributed by atoms with Crippen LogP contribution in [0.3, 0.4) is 0 Å². The lowest BCUT2D eigenvalue weighted by Crippen LogP contribution is -2.27. The third-order valence-corrected chi connectivity index (χ3v) is 7.90. The van der Waals surface area contributed by atoms with Crippen molar-refractivity contribution in [2.45, 2.75) is 32.2 Å². The van der Waals surface area contributed by atoms with E-state index < -0.39 is 10.0 Å². The molecule has 1 fully saturated rings. The monoisotopic (exact) mass is 483 g/mol. The van der Waals surface area contributed by atoms with Gasteiger partial charge in [0.1, 0.15) is 11.6 Å². The number of benzene rings is 1. The number of rotatable bonds is 9. The van der Waals surface area contributed by atoms with Crippen LogP contribution >= 0.6 is 0 Å². The lowest BCUT2D eigenvalue weighted by atomic mass is 9.95. The van der Waals surface area contributed by atoms with E-state index in [4.69, 9.17) is 10.2 Å². The molecule has 0 saturated heterocycles. The van der Waals surface area contributed by atoms with Gasteiger partial charge in [0.2, 0.25) is 10.0 Å². The fourth-order valence-corrected chi connectivity index (χ4v) is 4.45. The van der Waals surface area contributed by atoms with Gasteiger partial charge in [-0.1, -0.05) is 44.2 Å². The maximum Gasteiger partial charge on any atom is 0.233 e. The van der Waals surface area contributed by atoms with Crippen LogP contribution in [0.5, 0.6) is 0 Å². The van der Waals surface area contributed by atoms with Crippen LogP contribution in [0, 0.1) is 11.8 Å². The Morgan fingerprint density at radius 1 is 1.18 bits per heavy atom. The average Bonchev–Trinajstić information content (AvgIpc) is 3.30. The Hall–Kier alpha value is -2.91. The molecule has 34 heavy (non-hydrogen) atoms. The van der Waals surface area contributed by atoms with Gasteiger partial charge in [-0.25, -0.2) is 18.4 Å². The van der Waals surface area contributed by atoms with Gasteiger partial charge in [0.05, 0.1) is 18.4 Å². The number of sulfonamides is 1. The lowest BCUT2D eigenvalue weighted by Gasteiger charge is -2.22. The van der Waals surface area contributed by atoms with Crippen molar-refractivity contribution in [3.8, 4) is 11.3 Å². The Morgan fingerprint density at radius 2 is 1.82 bits per heavy atom. The third kappa shape index (κ3) is 5.26. The molecule has 1 aromatic carbocycles. The van der Waals surface area contributed by atoms with E-state index in [1.165, 1.54) is 17.8 Å². The SMILES string of the molecule is CC1CC1CN(C)c1cc(-c2cnc([C@H](C)C(N)c3ccccc3)o2)cc(N(C)S(C)(=O)=O)n1. The standard InChI is InChI=1S/C25H33N5O3S/c1-16-11-20(16)15-29(3)22-12-19(13-23(28-22)30(4)34(5,31)32)21-14-27-25(33-21)17(2)24(26)18-9-7-6-8-10-18/h6-10,12-14,16-17,20,24H,11,15,26H2,1-5H3/t16?,17-,20?,24?/m1/s1. The summed E-state index contributed by atoms with van der Waals surface area (Å²) in [6.45, 7) is 5.09. The zero-order valence-electron chi connectivity index (χ0n) is 20.3. The third-order valence-electron chi connectivity index (χ3n) is 6.71. The predicted molar refractivity (Wildman–Crippen MR) is 135 cm³/mol. The zero-order valence-corrected chi connectivity index (χ0v) is 21.2. The molecular formula is C25H33N5O3S. The van der Waals surface area contributed by atoms with Crippen molar-refractivity contribution < 1.29 is 12.8 Å². The molecule has 2 aromatic heterocycles. The van der Waals surface area contributed by atoms with Crippen molar-refractivity contribution in [1.82, 2.24) is 9.97 Å². The Balaban J connectivity index is 1.66. The number of aromatic nitrogens is 2. The fourth-order valence-electron chi connectivity index (χ4n) is 4.02. The Kier molecular flexibility index (Phi) is 6.69. The van der Waals surface area contributed by atoms with Crippen molar-refractivity contribution in [3.63, 3.8) is 0 Å². The smallest absolute Gasteiger partial charge is 0.233 e. The van der Waals surface area contributed by atoms with Crippen LogP contribution in [0.2, 0.25) is 0 Å². The van der Waals surface area contributed by atoms with Crippen LogP contribution < -0.4 is 14.9 Å². The average molecular weight is 484 g/mol. The second kappa shape index (κ2) is 9.38. The van der Waals surface area contributed by atoms with Gasteiger partial charge in [-0.3, -0.25) is 4.31 Å². The summed E-state index contributed by atoms with van der Waals surface area (Å²) in [4.78, 5) is 11.2. The summed E-state index contributed by atoms with van der Waals surface area (Å²) in [6, 6.07) is 13.2. The van der Waals surface area contributed by atoms with Crippen LogP contribution in [-0.4, -0.2) is 45.3 Å². The van der Waals surface area contributed by atoms with Gasteiger partial charge in [0.25, 0.3) is 0 Å². The van der Waals surface area contributed by atoms with Crippen LogP contribution in [0.15, 0.2) is 53.1 Å². The molecule has 0 radical (unpaired) electrons. The van der Waals surface area contributed by atoms with Gasteiger partial charge in [0, 0.05) is 32.2 Å².